The van der Waals surface area contributed by atoms with Gasteiger partial charge in [-0.25, -0.2) is 4.98 Å². The third kappa shape index (κ3) is 3.33. The van der Waals surface area contributed by atoms with Crippen molar-refractivity contribution >= 4 is 0 Å². The van der Waals surface area contributed by atoms with Gasteiger partial charge in [-0.05, 0) is 33.6 Å². The number of rotatable bonds is 6. The van der Waals surface area contributed by atoms with E-state index in [1.807, 2.05) is 11.6 Å². The van der Waals surface area contributed by atoms with Crippen molar-refractivity contribution < 1.29 is 5.11 Å². The molecule has 0 saturated carbocycles. The minimum absolute atomic E-state index is 0.124. The molecule has 2 aromatic heterocycles. The molecule has 23 heavy (non-hydrogen) atoms. The Morgan fingerprint density at radius 2 is 2.17 bits per heavy atom. The predicted octanol–water partition coefficient (Wildman–Crippen LogP) is 1.66. The van der Waals surface area contributed by atoms with E-state index in [0.717, 1.165) is 36.7 Å². The molecular weight excluding hydrogens is 290 g/mol. The third-order valence-electron chi connectivity index (χ3n) is 4.78. The van der Waals surface area contributed by atoms with E-state index in [4.69, 9.17) is 10.1 Å². The van der Waals surface area contributed by atoms with Crippen LogP contribution in [-0.2, 0) is 19.6 Å². The molecule has 0 spiro atoms. The van der Waals surface area contributed by atoms with Gasteiger partial charge in [-0.15, -0.1) is 0 Å². The number of aromatic nitrogens is 4. The maximum Gasteiger partial charge on any atom is 0.113 e. The summed E-state index contributed by atoms with van der Waals surface area (Å²) in [6.45, 7) is 9.72. The summed E-state index contributed by atoms with van der Waals surface area (Å²) in [7, 11) is 0. The Kier molecular flexibility index (Phi) is 4.82. The lowest BCUT2D eigenvalue weighted by molar-refractivity contribution is 0.267. The number of aliphatic hydroxyl groups excluding tert-OH is 1. The highest BCUT2D eigenvalue weighted by Gasteiger charge is 2.22. The van der Waals surface area contributed by atoms with Gasteiger partial charge < -0.3 is 15.0 Å². The highest BCUT2D eigenvalue weighted by Crippen LogP contribution is 2.26. The first-order valence-corrected chi connectivity index (χ1v) is 8.48. The van der Waals surface area contributed by atoms with Gasteiger partial charge in [0.15, 0.2) is 0 Å². The number of aryl methyl sites for hydroxylation is 3. The maximum atomic E-state index is 9.10. The van der Waals surface area contributed by atoms with E-state index in [9.17, 15) is 0 Å². The second-order valence-electron chi connectivity index (χ2n) is 6.50. The Morgan fingerprint density at radius 3 is 2.96 bits per heavy atom. The fourth-order valence-corrected chi connectivity index (χ4v) is 3.57. The molecule has 2 N–H and O–H groups in total. The summed E-state index contributed by atoms with van der Waals surface area (Å²) in [5.41, 5.74) is 4.55. The van der Waals surface area contributed by atoms with Crippen molar-refractivity contribution in [2.75, 3.05) is 13.2 Å². The summed E-state index contributed by atoms with van der Waals surface area (Å²) in [4.78, 5) is 4.70. The van der Waals surface area contributed by atoms with Crippen LogP contribution in [0.5, 0.6) is 0 Å². The zero-order valence-corrected chi connectivity index (χ0v) is 14.3. The number of hydrogen-bond acceptors (Lipinski definition) is 4. The molecule has 0 aromatic carbocycles. The van der Waals surface area contributed by atoms with Crippen LogP contribution in [0.2, 0.25) is 0 Å². The summed E-state index contributed by atoms with van der Waals surface area (Å²) in [5, 5.41) is 17.2. The second-order valence-corrected chi connectivity index (χ2v) is 6.50. The van der Waals surface area contributed by atoms with Crippen LogP contribution >= 0.6 is 0 Å². The minimum Gasteiger partial charge on any atom is -0.394 e. The standard InChI is InChI=1S/C17H27N5O/c1-12-11-21-6-4-5-15(17(21)19-12)9-18-10-16-13(2)20-22(7-8-23)14(16)3/h11,15,18,23H,4-10H2,1-3H3/t15-/m0/s1. The minimum atomic E-state index is 0.124. The van der Waals surface area contributed by atoms with Crippen molar-refractivity contribution in [2.24, 2.45) is 0 Å². The van der Waals surface area contributed by atoms with Gasteiger partial charge in [0.25, 0.3) is 0 Å². The van der Waals surface area contributed by atoms with Crippen LogP contribution in [0.1, 0.15) is 47.2 Å². The van der Waals surface area contributed by atoms with Gasteiger partial charge in [-0.1, -0.05) is 0 Å². The van der Waals surface area contributed by atoms with E-state index in [1.54, 1.807) is 0 Å². The van der Waals surface area contributed by atoms with Crippen LogP contribution in [0.3, 0.4) is 0 Å². The van der Waals surface area contributed by atoms with Crippen LogP contribution < -0.4 is 5.32 Å². The van der Waals surface area contributed by atoms with Crippen LogP contribution in [-0.4, -0.2) is 37.6 Å². The molecule has 0 radical (unpaired) electrons. The monoisotopic (exact) mass is 317 g/mol. The molecule has 0 fully saturated rings. The molecule has 2 aromatic rings. The largest absolute Gasteiger partial charge is 0.394 e. The summed E-state index contributed by atoms with van der Waals surface area (Å²) in [6.07, 6.45) is 4.58. The first-order chi connectivity index (χ1) is 11.1. The van der Waals surface area contributed by atoms with Crippen LogP contribution in [0.15, 0.2) is 6.20 Å². The molecule has 0 aliphatic carbocycles. The van der Waals surface area contributed by atoms with Crippen molar-refractivity contribution in [1.29, 1.82) is 0 Å². The lowest BCUT2D eigenvalue weighted by Crippen LogP contribution is -2.26. The molecule has 1 aliphatic heterocycles. The number of fused-ring (bicyclic) bond motifs is 1. The lowest BCUT2D eigenvalue weighted by Gasteiger charge is -2.23. The number of imidazole rings is 1. The molecule has 3 rings (SSSR count). The van der Waals surface area contributed by atoms with Crippen molar-refractivity contribution in [3.8, 4) is 0 Å². The first kappa shape index (κ1) is 16.2. The smallest absolute Gasteiger partial charge is 0.113 e. The fraction of sp³-hybridized carbons (Fsp3) is 0.647. The van der Waals surface area contributed by atoms with Gasteiger partial charge in [0.2, 0.25) is 0 Å². The van der Waals surface area contributed by atoms with Gasteiger partial charge in [-0.2, -0.15) is 5.10 Å². The Morgan fingerprint density at radius 1 is 1.35 bits per heavy atom. The fourth-order valence-electron chi connectivity index (χ4n) is 3.57. The number of hydrogen-bond donors (Lipinski definition) is 2. The van der Waals surface area contributed by atoms with Crippen molar-refractivity contribution in [1.82, 2.24) is 24.6 Å². The number of nitrogens with one attached hydrogen (secondary N) is 1. The molecule has 1 atom stereocenters. The van der Waals surface area contributed by atoms with E-state index < -0.39 is 0 Å². The number of nitrogens with zero attached hydrogens (tertiary/aromatic N) is 4. The molecule has 126 valence electrons. The Balaban J connectivity index is 1.62. The molecule has 0 bridgehead atoms. The summed E-state index contributed by atoms with van der Waals surface area (Å²) < 4.78 is 4.20. The molecule has 0 unspecified atom stereocenters. The summed E-state index contributed by atoms with van der Waals surface area (Å²) in [5.74, 6) is 1.72. The van der Waals surface area contributed by atoms with Gasteiger partial charge in [0.1, 0.15) is 5.82 Å². The third-order valence-corrected chi connectivity index (χ3v) is 4.78. The number of aliphatic hydroxyl groups is 1. The van der Waals surface area contributed by atoms with Crippen molar-refractivity contribution in [2.45, 2.75) is 59.2 Å². The molecular formula is C17H27N5O. The van der Waals surface area contributed by atoms with E-state index in [2.05, 4.69) is 35.0 Å². The van der Waals surface area contributed by atoms with Gasteiger partial charge in [0.05, 0.1) is 24.5 Å². The van der Waals surface area contributed by atoms with Gasteiger partial charge in [-0.3, -0.25) is 4.68 Å². The molecule has 0 amide bonds. The molecule has 3 heterocycles. The maximum absolute atomic E-state index is 9.10. The van der Waals surface area contributed by atoms with E-state index in [0.29, 0.717) is 12.5 Å². The zero-order valence-electron chi connectivity index (χ0n) is 14.3. The first-order valence-electron chi connectivity index (χ1n) is 8.48. The van der Waals surface area contributed by atoms with Crippen molar-refractivity contribution in [3.05, 3.63) is 34.7 Å². The summed E-state index contributed by atoms with van der Waals surface area (Å²) in [6, 6.07) is 0. The summed E-state index contributed by atoms with van der Waals surface area (Å²) >= 11 is 0. The Labute approximate surface area is 137 Å². The average Bonchev–Trinajstić information content (AvgIpc) is 3.02. The van der Waals surface area contributed by atoms with E-state index >= 15 is 0 Å². The van der Waals surface area contributed by atoms with E-state index in [-0.39, 0.29) is 6.61 Å². The van der Waals surface area contributed by atoms with Crippen LogP contribution in [0.25, 0.3) is 0 Å². The Hall–Kier alpha value is -1.66. The van der Waals surface area contributed by atoms with Crippen molar-refractivity contribution in [3.63, 3.8) is 0 Å². The topological polar surface area (TPSA) is 67.9 Å². The Bertz CT molecular complexity index is 673. The molecule has 6 heteroatoms. The quantitative estimate of drug-likeness (QED) is 0.850. The highest BCUT2D eigenvalue weighted by molar-refractivity contribution is 5.24. The molecule has 0 saturated heterocycles. The van der Waals surface area contributed by atoms with Gasteiger partial charge >= 0.3 is 0 Å². The van der Waals surface area contributed by atoms with Gasteiger partial charge in [0, 0.05) is 43.0 Å². The SMILES string of the molecule is Cc1cn2c(n1)[C@H](CNCc1c(C)nn(CCO)c1C)CCC2. The highest BCUT2D eigenvalue weighted by atomic mass is 16.3. The molecule has 1 aliphatic rings. The normalized spacial score (nSPS) is 17.5. The van der Waals surface area contributed by atoms with Crippen LogP contribution in [0.4, 0.5) is 0 Å². The van der Waals surface area contributed by atoms with E-state index in [1.165, 1.54) is 24.2 Å². The predicted molar refractivity (Wildman–Crippen MR) is 89.4 cm³/mol. The van der Waals surface area contributed by atoms with Crippen LogP contribution in [0, 0.1) is 20.8 Å². The zero-order chi connectivity index (χ0) is 16.4. The molecule has 6 nitrogen and oxygen atoms in total. The second kappa shape index (κ2) is 6.84. The lowest BCUT2D eigenvalue weighted by atomic mass is 9.99. The average molecular weight is 317 g/mol.